The lowest BCUT2D eigenvalue weighted by atomic mass is 9.73. The Morgan fingerprint density at radius 1 is 0.905 bits per heavy atom. The number of nitrogens with two attached hydrogens (primary N) is 1. The molecule has 3 rings (SSSR count). The lowest BCUT2D eigenvalue weighted by Crippen LogP contribution is -2.52. The number of rotatable bonds is 4. The predicted molar refractivity (Wildman–Crippen MR) is 89.7 cm³/mol. The second-order valence-corrected chi connectivity index (χ2v) is 6.86. The molecule has 1 heterocycles. The third-order valence-corrected chi connectivity index (χ3v) is 5.40. The summed E-state index contributed by atoms with van der Waals surface area (Å²) in [6.45, 7) is 6.72. The van der Waals surface area contributed by atoms with E-state index in [9.17, 15) is 0 Å². The number of nitrogens with zero attached hydrogens (tertiary/aromatic N) is 2. The van der Waals surface area contributed by atoms with Crippen LogP contribution in [0.25, 0.3) is 0 Å². The number of hydrogen-bond acceptors (Lipinski definition) is 3. The first-order valence-electron chi connectivity index (χ1n) is 8.54. The Morgan fingerprint density at radius 2 is 1.57 bits per heavy atom. The van der Waals surface area contributed by atoms with Crippen LogP contribution in [0.5, 0.6) is 0 Å². The van der Waals surface area contributed by atoms with Crippen LogP contribution in [0.4, 0.5) is 5.69 Å². The van der Waals surface area contributed by atoms with Crippen LogP contribution in [-0.2, 0) is 0 Å². The Kier molecular flexibility index (Phi) is 4.81. The van der Waals surface area contributed by atoms with E-state index in [1.165, 1.54) is 57.4 Å². The zero-order valence-corrected chi connectivity index (χ0v) is 13.1. The average molecular weight is 287 g/mol. The van der Waals surface area contributed by atoms with Crippen molar-refractivity contribution in [2.45, 2.75) is 32.1 Å². The maximum Gasteiger partial charge on any atom is 0.0367 e. The number of hydrogen-bond donors (Lipinski definition) is 1. The van der Waals surface area contributed by atoms with Crippen molar-refractivity contribution in [1.82, 2.24) is 4.90 Å². The maximum atomic E-state index is 6.14. The largest absolute Gasteiger partial charge is 0.369 e. The highest BCUT2D eigenvalue weighted by atomic mass is 15.3. The molecule has 0 radical (unpaired) electrons. The summed E-state index contributed by atoms with van der Waals surface area (Å²) in [5.41, 5.74) is 7.91. The van der Waals surface area contributed by atoms with Crippen molar-refractivity contribution in [3.63, 3.8) is 0 Å². The predicted octanol–water partition coefficient (Wildman–Crippen LogP) is 2.72. The summed E-state index contributed by atoms with van der Waals surface area (Å²) in [5, 5.41) is 0. The van der Waals surface area contributed by atoms with E-state index in [-0.39, 0.29) is 0 Å². The second-order valence-electron chi connectivity index (χ2n) is 6.86. The van der Waals surface area contributed by atoms with Gasteiger partial charge in [-0.2, -0.15) is 0 Å². The van der Waals surface area contributed by atoms with Gasteiger partial charge >= 0.3 is 0 Å². The second kappa shape index (κ2) is 6.80. The molecule has 0 bridgehead atoms. The van der Waals surface area contributed by atoms with Gasteiger partial charge in [0.15, 0.2) is 0 Å². The van der Waals surface area contributed by atoms with Crippen LogP contribution in [-0.4, -0.2) is 44.2 Å². The molecule has 116 valence electrons. The van der Waals surface area contributed by atoms with E-state index >= 15 is 0 Å². The molecular formula is C18H29N3. The fourth-order valence-electron chi connectivity index (χ4n) is 4.01. The molecule has 1 aliphatic heterocycles. The molecule has 2 aliphatic rings. The van der Waals surface area contributed by atoms with Gasteiger partial charge in [0, 0.05) is 38.4 Å². The molecule has 0 atom stereocenters. The topological polar surface area (TPSA) is 32.5 Å². The third-order valence-electron chi connectivity index (χ3n) is 5.40. The van der Waals surface area contributed by atoms with E-state index in [1.807, 2.05) is 0 Å². The lowest BCUT2D eigenvalue weighted by molar-refractivity contribution is 0.107. The van der Waals surface area contributed by atoms with Gasteiger partial charge in [-0.05, 0) is 36.9 Å². The molecule has 3 nitrogen and oxygen atoms in total. The highest BCUT2D eigenvalue weighted by Crippen LogP contribution is 2.36. The Morgan fingerprint density at radius 3 is 2.19 bits per heavy atom. The minimum Gasteiger partial charge on any atom is -0.369 e. The molecule has 0 spiro atoms. The molecular weight excluding hydrogens is 258 g/mol. The van der Waals surface area contributed by atoms with Gasteiger partial charge in [-0.15, -0.1) is 0 Å². The number of piperazine rings is 1. The van der Waals surface area contributed by atoms with Gasteiger partial charge in [0.1, 0.15) is 0 Å². The van der Waals surface area contributed by atoms with Crippen molar-refractivity contribution in [3.8, 4) is 0 Å². The van der Waals surface area contributed by atoms with E-state index in [0.29, 0.717) is 5.41 Å². The van der Waals surface area contributed by atoms with Gasteiger partial charge in [0.05, 0.1) is 0 Å². The summed E-state index contributed by atoms with van der Waals surface area (Å²) in [6.07, 6.45) is 6.83. The maximum absolute atomic E-state index is 6.14. The molecule has 1 saturated heterocycles. The van der Waals surface area contributed by atoms with Crippen molar-refractivity contribution in [2.24, 2.45) is 11.1 Å². The highest BCUT2D eigenvalue weighted by Gasteiger charge is 2.33. The highest BCUT2D eigenvalue weighted by molar-refractivity contribution is 5.46. The minimum absolute atomic E-state index is 0.410. The van der Waals surface area contributed by atoms with E-state index < -0.39 is 0 Å². The first-order chi connectivity index (χ1) is 10.3. The molecule has 1 aromatic rings. The minimum atomic E-state index is 0.410. The van der Waals surface area contributed by atoms with E-state index in [4.69, 9.17) is 5.73 Å². The molecule has 0 unspecified atom stereocenters. The van der Waals surface area contributed by atoms with Gasteiger partial charge in [-0.3, -0.25) is 4.90 Å². The SMILES string of the molecule is NCC1(CN2CCN(c3ccccc3)CC2)CCCCC1. The summed E-state index contributed by atoms with van der Waals surface area (Å²) in [4.78, 5) is 5.16. The molecule has 0 amide bonds. The van der Waals surface area contributed by atoms with Gasteiger partial charge in [0.2, 0.25) is 0 Å². The van der Waals surface area contributed by atoms with Crippen LogP contribution in [0.1, 0.15) is 32.1 Å². The zero-order chi connectivity index (χ0) is 14.5. The average Bonchev–Trinajstić information content (AvgIpc) is 2.57. The summed E-state index contributed by atoms with van der Waals surface area (Å²) < 4.78 is 0. The summed E-state index contributed by atoms with van der Waals surface area (Å²) >= 11 is 0. The van der Waals surface area contributed by atoms with Gasteiger partial charge in [-0.25, -0.2) is 0 Å². The van der Waals surface area contributed by atoms with Crippen LogP contribution < -0.4 is 10.6 Å². The smallest absolute Gasteiger partial charge is 0.0367 e. The van der Waals surface area contributed by atoms with E-state index in [2.05, 4.69) is 40.1 Å². The quantitative estimate of drug-likeness (QED) is 0.924. The van der Waals surface area contributed by atoms with Crippen LogP contribution in [0.2, 0.25) is 0 Å². The summed E-state index contributed by atoms with van der Waals surface area (Å²) in [5.74, 6) is 0. The molecule has 1 aromatic carbocycles. The Bertz CT molecular complexity index is 417. The Hall–Kier alpha value is -1.06. The van der Waals surface area contributed by atoms with Crippen molar-refractivity contribution in [3.05, 3.63) is 30.3 Å². The first kappa shape index (κ1) is 14.9. The normalized spacial score (nSPS) is 23.2. The summed E-state index contributed by atoms with van der Waals surface area (Å²) in [6, 6.07) is 10.8. The fourth-order valence-corrected chi connectivity index (χ4v) is 4.01. The molecule has 2 N–H and O–H groups in total. The fraction of sp³-hybridized carbons (Fsp3) is 0.667. The van der Waals surface area contributed by atoms with Crippen LogP contribution in [0.15, 0.2) is 30.3 Å². The Labute approximate surface area is 129 Å². The standard InChI is InChI=1S/C18H29N3/c19-15-18(9-5-2-6-10-18)16-20-11-13-21(14-12-20)17-7-3-1-4-8-17/h1,3-4,7-8H,2,5-6,9-16,19H2. The lowest BCUT2D eigenvalue weighted by Gasteiger charge is -2.43. The molecule has 1 saturated carbocycles. The molecule has 1 aliphatic carbocycles. The van der Waals surface area contributed by atoms with E-state index in [1.54, 1.807) is 0 Å². The van der Waals surface area contributed by atoms with Crippen LogP contribution in [0.3, 0.4) is 0 Å². The monoisotopic (exact) mass is 287 g/mol. The van der Waals surface area contributed by atoms with Crippen LogP contribution in [0, 0.1) is 5.41 Å². The van der Waals surface area contributed by atoms with Crippen molar-refractivity contribution in [1.29, 1.82) is 0 Å². The number of benzene rings is 1. The van der Waals surface area contributed by atoms with Crippen molar-refractivity contribution < 1.29 is 0 Å². The molecule has 21 heavy (non-hydrogen) atoms. The van der Waals surface area contributed by atoms with Gasteiger partial charge < -0.3 is 10.6 Å². The molecule has 0 aromatic heterocycles. The zero-order valence-electron chi connectivity index (χ0n) is 13.1. The third kappa shape index (κ3) is 3.58. The Balaban J connectivity index is 1.53. The van der Waals surface area contributed by atoms with E-state index in [0.717, 1.165) is 19.6 Å². The number of anilines is 1. The number of para-hydroxylation sites is 1. The van der Waals surface area contributed by atoms with Crippen molar-refractivity contribution in [2.75, 3.05) is 44.2 Å². The molecule has 2 fully saturated rings. The first-order valence-corrected chi connectivity index (χ1v) is 8.54. The molecule has 3 heteroatoms. The van der Waals surface area contributed by atoms with Gasteiger partial charge in [-0.1, -0.05) is 37.5 Å². The van der Waals surface area contributed by atoms with Crippen molar-refractivity contribution >= 4 is 5.69 Å². The van der Waals surface area contributed by atoms with Gasteiger partial charge in [0.25, 0.3) is 0 Å². The van der Waals surface area contributed by atoms with Crippen LogP contribution >= 0.6 is 0 Å². The summed E-state index contributed by atoms with van der Waals surface area (Å²) in [7, 11) is 0.